The molecule has 1 atom stereocenters. The van der Waals surface area contributed by atoms with Crippen molar-refractivity contribution in [3.63, 3.8) is 0 Å². The van der Waals surface area contributed by atoms with Crippen molar-refractivity contribution in [1.29, 1.82) is 0 Å². The van der Waals surface area contributed by atoms with Gasteiger partial charge < -0.3 is 15.0 Å². The Bertz CT molecular complexity index is 971. The van der Waals surface area contributed by atoms with E-state index in [1.54, 1.807) is 19.1 Å². The first-order valence-corrected chi connectivity index (χ1v) is 13.5. The molecule has 9 nitrogen and oxygen atoms in total. The highest BCUT2D eigenvalue weighted by molar-refractivity contribution is 7.89. The molecule has 188 valence electrons. The molecule has 2 fully saturated rings. The van der Waals surface area contributed by atoms with E-state index < -0.39 is 10.0 Å². The molecule has 0 spiro atoms. The molecule has 1 saturated heterocycles. The fourth-order valence-corrected chi connectivity index (χ4v) is 5.85. The quantitative estimate of drug-likeness (QED) is 0.537. The SMILES string of the molecule is CCOC(=O)[C@@H]1CCCN(C(=O)C2CCC(CNS(=O)(=O)c3ccc(NC(C)=O)cc3)CC2)C1. The summed E-state index contributed by atoms with van der Waals surface area (Å²) in [5, 5.41) is 2.61. The number of esters is 1. The van der Waals surface area contributed by atoms with Gasteiger partial charge in [-0.05, 0) is 75.6 Å². The molecule has 2 aliphatic rings. The van der Waals surface area contributed by atoms with E-state index in [1.807, 2.05) is 4.90 Å². The Morgan fingerprint density at radius 1 is 1.03 bits per heavy atom. The number of amides is 2. The van der Waals surface area contributed by atoms with Gasteiger partial charge in [0.1, 0.15) is 0 Å². The zero-order chi connectivity index (χ0) is 24.7. The maximum absolute atomic E-state index is 13.0. The van der Waals surface area contributed by atoms with Gasteiger partial charge in [-0.2, -0.15) is 0 Å². The molecule has 0 radical (unpaired) electrons. The molecule has 1 aromatic rings. The topological polar surface area (TPSA) is 122 Å². The monoisotopic (exact) mass is 493 g/mol. The molecular formula is C24H35N3O6S. The Hall–Kier alpha value is -2.46. The van der Waals surface area contributed by atoms with Gasteiger partial charge in [0.05, 0.1) is 17.4 Å². The van der Waals surface area contributed by atoms with E-state index in [2.05, 4.69) is 10.0 Å². The molecule has 2 amide bonds. The lowest BCUT2D eigenvalue weighted by Gasteiger charge is -2.36. The van der Waals surface area contributed by atoms with Gasteiger partial charge >= 0.3 is 5.97 Å². The summed E-state index contributed by atoms with van der Waals surface area (Å²) in [6.45, 7) is 4.95. The predicted octanol–water partition coefficient (Wildman–Crippen LogP) is 2.53. The molecule has 34 heavy (non-hydrogen) atoms. The molecule has 0 aromatic heterocycles. The van der Waals surface area contributed by atoms with E-state index in [9.17, 15) is 22.8 Å². The summed E-state index contributed by atoms with van der Waals surface area (Å²) in [4.78, 5) is 38.1. The molecular weight excluding hydrogens is 458 g/mol. The number of hydrogen-bond acceptors (Lipinski definition) is 6. The minimum Gasteiger partial charge on any atom is -0.466 e. The van der Waals surface area contributed by atoms with Crippen molar-refractivity contribution in [2.75, 3.05) is 31.6 Å². The van der Waals surface area contributed by atoms with Gasteiger partial charge in [-0.3, -0.25) is 14.4 Å². The van der Waals surface area contributed by atoms with Crippen LogP contribution in [0, 0.1) is 17.8 Å². The van der Waals surface area contributed by atoms with E-state index in [0.717, 1.165) is 38.5 Å². The molecule has 3 rings (SSSR count). The minimum atomic E-state index is -3.65. The second-order valence-electron chi connectivity index (χ2n) is 9.15. The highest BCUT2D eigenvalue weighted by atomic mass is 32.2. The highest BCUT2D eigenvalue weighted by Gasteiger charge is 2.34. The van der Waals surface area contributed by atoms with E-state index >= 15 is 0 Å². The van der Waals surface area contributed by atoms with Crippen LogP contribution in [-0.2, 0) is 29.1 Å². The van der Waals surface area contributed by atoms with Gasteiger partial charge in [0.2, 0.25) is 21.8 Å². The number of anilines is 1. The number of carbonyl (C=O) groups excluding carboxylic acids is 3. The summed E-state index contributed by atoms with van der Waals surface area (Å²) >= 11 is 0. The van der Waals surface area contributed by atoms with Crippen molar-refractivity contribution in [3.05, 3.63) is 24.3 Å². The van der Waals surface area contributed by atoms with Gasteiger partial charge in [-0.15, -0.1) is 0 Å². The third kappa shape index (κ3) is 7.02. The number of nitrogens with zero attached hydrogens (tertiary/aromatic N) is 1. The first-order chi connectivity index (χ1) is 16.2. The van der Waals surface area contributed by atoms with Crippen molar-refractivity contribution >= 4 is 33.5 Å². The highest BCUT2D eigenvalue weighted by Crippen LogP contribution is 2.31. The van der Waals surface area contributed by atoms with Gasteiger partial charge in [0, 0.05) is 38.2 Å². The summed E-state index contributed by atoms with van der Waals surface area (Å²) in [5.74, 6) is -0.480. The number of rotatable bonds is 8. The van der Waals surface area contributed by atoms with E-state index in [-0.39, 0.29) is 40.4 Å². The predicted molar refractivity (Wildman–Crippen MR) is 127 cm³/mol. The molecule has 1 aromatic carbocycles. The third-order valence-electron chi connectivity index (χ3n) is 6.60. The number of hydrogen-bond donors (Lipinski definition) is 2. The normalized spacial score (nSPS) is 23.2. The number of ether oxygens (including phenoxy) is 1. The number of likely N-dealkylation sites (tertiary alicyclic amines) is 1. The van der Waals surface area contributed by atoms with Gasteiger partial charge in [-0.1, -0.05) is 0 Å². The van der Waals surface area contributed by atoms with Crippen molar-refractivity contribution in [3.8, 4) is 0 Å². The van der Waals surface area contributed by atoms with E-state index in [0.29, 0.717) is 31.9 Å². The Labute approximate surface area is 201 Å². The Morgan fingerprint density at radius 3 is 2.32 bits per heavy atom. The second kappa shape index (κ2) is 11.8. The summed E-state index contributed by atoms with van der Waals surface area (Å²) in [6.07, 6.45) is 4.54. The van der Waals surface area contributed by atoms with Crippen molar-refractivity contribution in [1.82, 2.24) is 9.62 Å². The maximum atomic E-state index is 13.0. The van der Waals surface area contributed by atoms with Crippen LogP contribution in [0.25, 0.3) is 0 Å². The lowest BCUT2D eigenvalue weighted by Crippen LogP contribution is -2.46. The molecule has 2 N–H and O–H groups in total. The van der Waals surface area contributed by atoms with Gasteiger partial charge in [-0.25, -0.2) is 13.1 Å². The van der Waals surface area contributed by atoms with Gasteiger partial charge in [0.15, 0.2) is 0 Å². The van der Waals surface area contributed by atoms with Gasteiger partial charge in [0.25, 0.3) is 0 Å². The Morgan fingerprint density at radius 2 is 1.71 bits per heavy atom. The summed E-state index contributed by atoms with van der Waals surface area (Å²) in [6, 6.07) is 6.04. The molecule has 0 unspecified atom stereocenters. The summed E-state index contributed by atoms with van der Waals surface area (Å²) < 4.78 is 33.1. The lowest BCUT2D eigenvalue weighted by atomic mass is 9.81. The first-order valence-electron chi connectivity index (χ1n) is 12.0. The molecule has 10 heteroatoms. The summed E-state index contributed by atoms with van der Waals surface area (Å²) in [5.41, 5.74) is 0.539. The van der Waals surface area contributed by atoms with Crippen LogP contribution in [0.2, 0.25) is 0 Å². The fourth-order valence-electron chi connectivity index (χ4n) is 4.73. The molecule has 1 aliphatic carbocycles. The van der Waals surface area contributed by atoms with Crippen LogP contribution < -0.4 is 10.0 Å². The summed E-state index contributed by atoms with van der Waals surface area (Å²) in [7, 11) is -3.65. The number of sulfonamides is 1. The average molecular weight is 494 g/mol. The lowest BCUT2D eigenvalue weighted by molar-refractivity contribution is -0.152. The average Bonchev–Trinajstić information content (AvgIpc) is 2.83. The van der Waals surface area contributed by atoms with Crippen LogP contribution in [0.1, 0.15) is 52.4 Å². The molecule has 0 bridgehead atoms. The third-order valence-corrected chi connectivity index (χ3v) is 8.04. The van der Waals surface area contributed by atoms with Crippen molar-refractivity contribution in [2.45, 2.75) is 57.3 Å². The van der Waals surface area contributed by atoms with Crippen LogP contribution in [0.15, 0.2) is 29.2 Å². The Kier molecular flexibility index (Phi) is 9.07. The van der Waals surface area contributed by atoms with Crippen LogP contribution in [0.5, 0.6) is 0 Å². The zero-order valence-corrected chi connectivity index (χ0v) is 20.7. The standard InChI is InChI=1S/C24H35N3O6S/c1-3-33-24(30)20-5-4-14-27(16-20)23(29)19-8-6-18(7-9-19)15-25-34(31,32)22-12-10-21(11-13-22)26-17(2)28/h10-13,18-20,25H,3-9,14-16H2,1-2H3,(H,26,28)/t18?,19?,20-/m1/s1. The molecule has 1 aliphatic heterocycles. The minimum absolute atomic E-state index is 0.0740. The number of benzene rings is 1. The van der Waals surface area contributed by atoms with Crippen LogP contribution in [-0.4, -0.2) is 57.3 Å². The van der Waals surface area contributed by atoms with E-state index in [1.165, 1.54) is 19.1 Å². The molecule has 1 heterocycles. The van der Waals surface area contributed by atoms with Crippen molar-refractivity contribution in [2.24, 2.45) is 17.8 Å². The first kappa shape index (κ1) is 26.2. The number of carbonyl (C=O) groups is 3. The smallest absolute Gasteiger partial charge is 0.310 e. The number of nitrogens with one attached hydrogen (secondary N) is 2. The maximum Gasteiger partial charge on any atom is 0.310 e. The van der Waals surface area contributed by atoms with E-state index in [4.69, 9.17) is 4.74 Å². The molecule has 1 saturated carbocycles. The largest absolute Gasteiger partial charge is 0.466 e. The van der Waals surface area contributed by atoms with Crippen LogP contribution in [0.4, 0.5) is 5.69 Å². The van der Waals surface area contributed by atoms with Crippen LogP contribution >= 0.6 is 0 Å². The number of piperidine rings is 1. The Balaban J connectivity index is 1.46. The fraction of sp³-hybridized carbons (Fsp3) is 0.625. The van der Waals surface area contributed by atoms with Crippen LogP contribution in [0.3, 0.4) is 0 Å². The second-order valence-corrected chi connectivity index (χ2v) is 10.9. The zero-order valence-electron chi connectivity index (χ0n) is 19.9. The van der Waals surface area contributed by atoms with Crippen molar-refractivity contribution < 1.29 is 27.5 Å².